The largest absolute Gasteiger partial charge is 0.478 e. The van der Waals surface area contributed by atoms with Crippen LogP contribution in [-0.2, 0) is 15.0 Å². The molecule has 7 nitrogen and oxygen atoms in total. The highest BCUT2D eigenvalue weighted by Crippen LogP contribution is 2.31. The Morgan fingerprint density at radius 2 is 2.14 bits per heavy atom. The number of nitrogens with zero attached hydrogens (tertiary/aromatic N) is 1. The Balaban J connectivity index is 2.28. The van der Waals surface area contributed by atoms with E-state index in [0.29, 0.717) is 0 Å². The van der Waals surface area contributed by atoms with Gasteiger partial charge < -0.3 is 15.7 Å². The second-order valence-electron chi connectivity index (χ2n) is 4.86. The number of benzene rings is 1. The minimum absolute atomic E-state index is 0.0186. The minimum Gasteiger partial charge on any atom is -0.478 e. The Morgan fingerprint density at radius 3 is 2.71 bits per heavy atom. The molecular formula is C12H13FN2O5S. The van der Waals surface area contributed by atoms with Gasteiger partial charge in [-0.25, -0.2) is 4.79 Å². The molecule has 1 aromatic rings. The van der Waals surface area contributed by atoms with E-state index in [9.17, 15) is 21.9 Å². The Morgan fingerprint density at radius 1 is 1.48 bits per heavy atom. The molecule has 0 spiro atoms. The first kappa shape index (κ1) is 15.2. The van der Waals surface area contributed by atoms with E-state index >= 15 is 0 Å². The lowest BCUT2D eigenvalue weighted by atomic mass is 10.1. The van der Waals surface area contributed by atoms with Gasteiger partial charge in [0.1, 0.15) is 0 Å². The number of hydrogen-bond acceptors (Lipinski definition) is 5. The SMILES string of the molecule is Nc1ccc(C(=O)O)cc1N1CC(CS(=O)(=O)F)CC1=O. The van der Waals surface area contributed by atoms with E-state index in [1.165, 1.54) is 23.1 Å². The third-order valence-electron chi connectivity index (χ3n) is 3.21. The van der Waals surface area contributed by atoms with Crippen LogP contribution >= 0.6 is 0 Å². The molecule has 1 unspecified atom stereocenters. The highest BCUT2D eigenvalue weighted by molar-refractivity contribution is 7.86. The van der Waals surface area contributed by atoms with Gasteiger partial charge in [-0.05, 0) is 18.2 Å². The van der Waals surface area contributed by atoms with Gasteiger partial charge in [0.2, 0.25) is 5.91 Å². The van der Waals surface area contributed by atoms with Gasteiger partial charge in [-0.2, -0.15) is 8.42 Å². The maximum Gasteiger partial charge on any atom is 0.335 e. The summed E-state index contributed by atoms with van der Waals surface area (Å²) in [6.45, 7) is -0.0186. The number of nitrogen functional groups attached to an aromatic ring is 1. The summed E-state index contributed by atoms with van der Waals surface area (Å²) < 4.78 is 34.0. The Kier molecular flexibility index (Phi) is 3.86. The molecule has 1 saturated heterocycles. The van der Waals surface area contributed by atoms with Crippen molar-refractivity contribution in [1.29, 1.82) is 0 Å². The molecule has 114 valence electrons. The van der Waals surface area contributed by atoms with Crippen molar-refractivity contribution in [2.45, 2.75) is 6.42 Å². The zero-order valence-corrected chi connectivity index (χ0v) is 11.6. The molecular weight excluding hydrogens is 303 g/mol. The molecule has 21 heavy (non-hydrogen) atoms. The summed E-state index contributed by atoms with van der Waals surface area (Å²) in [6.07, 6.45) is -0.125. The van der Waals surface area contributed by atoms with Crippen molar-refractivity contribution in [3.63, 3.8) is 0 Å². The van der Waals surface area contributed by atoms with Crippen LogP contribution in [0, 0.1) is 5.92 Å². The molecule has 0 saturated carbocycles. The molecule has 0 bridgehead atoms. The fraction of sp³-hybridized carbons (Fsp3) is 0.333. The van der Waals surface area contributed by atoms with Crippen molar-refractivity contribution in [3.05, 3.63) is 23.8 Å². The highest BCUT2D eigenvalue weighted by atomic mass is 32.3. The lowest BCUT2D eigenvalue weighted by molar-refractivity contribution is -0.117. The Labute approximate surface area is 120 Å². The highest BCUT2D eigenvalue weighted by Gasteiger charge is 2.34. The van der Waals surface area contributed by atoms with Crippen molar-refractivity contribution in [1.82, 2.24) is 0 Å². The van der Waals surface area contributed by atoms with Crippen LogP contribution in [0.2, 0.25) is 0 Å². The van der Waals surface area contributed by atoms with Gasteiger partial charge in [-0.15, -0.1) is 3.89 Å². The summed E-state index contributed by atoms with van der Waals surface area (Å²) >= 11 is 0. The van der Waals surface area contributed by atoms with E-state index in [1.54, 1.807) is 0 Å². The van der Waals surface area contributed by atoms with Crippen molar-refractivity contribution in [3.8, 4) is 0 Å². The first-order valence-corrected chi connectivity index (χ1v) is 7.58. The molecule has 1 amide bonds. The summed E-state index contributed by atoms with van der Waals surface area (Å²) in [6, 6.07) is 3.89. The smallest absolute Gasteiger partial charge is 0.335 e. The number of carbonyl (C=O) groups excluding carboxylic acids is 1. The fourth-order valence-electron chi connectivity index (χ4n) is 2.32. The number of rotatable bonds is 4. The average molecular weight is 316 g/mol. The van der Waals surface area contributed by atoms with Crippen LogP contribution in [0.5, 0.6) is 0 Å². The summed E-state index contributed by atoms with van der Waals surface area (Å²) in [4.78, 5) is 24.0. The number of carboxylic acid groups (broad SMARTS) is 1. The van der Waals surface area contributed by atoms with Crippen LogP contribution in [0.25, 0.3) is 0 Å². The van der Waals surface area contributed by atoms with E-state index in [-0.39, 0.29) is 29.9 Å². The zero-order chi connectivity index (χ0) is 15.8. The van der Waals surface area contributed by atoms with E-state index in [0.717, 1.165) is 0 Å². The second kappa shape index (κ2) is 5.32. The van der Waals surface area contributed by atoms with Gasteiger partial charge in [0, 0.05) is 18.9 Å². The number of carbonyl (C=O) groups is 2. The van der Waals surface area contributed by atoms with Crippen molar-refractivity contribution in [2.75, 3.05) is 22.9 Å². The van der Waals surface area contributed by atoms with Crippen LogP contribution in [0.3, 0.4) is 0 Å². The molecule has 1 aliphatic heterocycles. The van der Waals surface area contributed by atoms with Crippen molar-refractivity contribution < 1.29 is 27.0 Å². The fourth-order valence-corrected chi connectivity index (χ4v) is 3.10. The van der Waals surface area contributed by atoms with Crippen LogP contribution in [0.4, 0.5) is 15.3 Å². The standard InChI is InChI=1S/C12H13FN2O5S/c13-21(19,20)6-7-3-11(16)15(5-7)10-4-8(12(17)18)1-2-9(10)14/h1-2,4,7H,3,5-6,14H2,(H,17,18). The van der Waals surface area contributed by atoms with E-state index in [2.05, 4.69) is 0 Å². The van der Waals surface area contributed by atoms with Crippen LogP contribution in [0.15, 0.2) is 18.2 Å². The number of hydrogen-bond donors (Lipinski definition) is 2. The van der Waals surface area contributed by atoms with Gasteiger partial charge in [-0.1, -0.05) is 0 Å². The normalized spacial score (nSPS) is 19.0. The Hall–Kier alpha value is -2.16. The van der Waals surface area contributed by atoms with Gasteiger partial charge in [0.15, 0.2) is 0 Å². The molecule has 0 aromatic heterocycles. The van der Waals surface area contributed by atoms with Crippen LogP contribution < -0.4 is 10.6 Å². The minimum atomic E-state index is -4.67. The molecule has 9 heteroatoms. The summed E-state index contributed by atoms with van der Waals surface area (Å²) in [5, 5.41) is 8.94. The first-order chi connectivity index (χ1) is 9.67. The van der Waals surface area contributed by atoms with Gasteiger partial charge >= 0.3 is 16.2 Å². The molecule has 1 atom stereocenters. The van der Waals surface area contributed by atoms with Crippen molar-refractivity contribution in [2.24, 2.45) is 5.92 Å². The third kappa shape index (κ3) is 3.48. The monoisotopic (exact) mass is 316 g/mol. The molecule has 1 aliphatic rings. The number of carboxylic acids is 1. The van der Waals surface area contributed by atoms with E-state index < -0.39 is 33.8 Å². The third-order valence-corrected chi connectivity index (χ3v) is 4.08. The van der Waals surface area contributed by atoms with E-state index in [1.807, 2.05) is 0 Å². The summed E-state index contributed by atoms with van der Waals surface area (Å²) in [5.74, 6) is -3.02. The topological polar surface area (TPSA) is 118 Å². The number of amides is 1. The lowest BCUT2D eigenvalue weighted by Gasteiger charge is -2.19. The molecule has 0 aliphatic carbocycles. The second-order valence-corrected chi connectivity index (χ2v) is 6.27. The van der Waals surface area contributed by atoms with Crippen LogP contribution in [0.1, 0.15) is 16.8 Å². The van der Waals surface area contributed by atoms with Gasteiger partial charge in [-0.3, -0.25) is 4.79 Å². The summed E-state index contributed by atoms with van der Waals surface area (Å²) in [5.41, 5.74) is 6.06. The number of halogens is 1. The number of aromatic carboxylic acids is 1. The van der Waals surface area contributed by atoms with Gasteiger partial charge in [0.05, 0.1) is 22.7 Å². The number of nitrogens with two attached hydrogens (primary N) is 1. The molecule has 1 fully saturated rings. The van der Waals surface area contributed by atoms with E-state index in [4.69, 9.17) is 10.8 Å². The average Bonchev–Trinajstić information content (AvgIpc) is 2.67. The molecule has 3 N–H and O–H groups in total. The van der Waals surface area contributed by atoms with Gasteiger partial charge in [0.25, 0.3) is 0 Å². The predicted octanol–water partition coefficient (Wildman–Crippen LogP) is 0.619. The quantitative estimate of drug-likeness (QED) is 0.621. The van der Waals surface area contributed by atoms with Crippen molar-refractivity contribution >= 4 is 33.5 Å². The molecule has 0 radical (unpaired) electrons. The molecule has 1 heterocycles. The lowest BCUT2D eigenvalue weighted by Crippen LogP contribution is -2.26. The Bertz CT molecular complexity index is 704. The summed E-state index contributed by atoms with van der Waals surface area (Å²) in [7, 11) is -4.67. The number of anilines is 2. The maximum atomic E-state index is 12.7. The maximum absolute atomic E-state index is 12.7. The van der Waals surface area contributed by atoms with Crippen LogP contribution in [-0.4, -0.2) is 37.7 Å². The predicted molar refractivity (Wildman–Crippen MR) is 73.2 cm³/mol. The zero-order valence-electron chi connectivity index (χ0n) is 10.8. The molecule has 2 rings (SSSR count). The first-order valence-electron chi connectivity index (χ1n) is 6.03. The molecule has 1 aromatic carbocycles.